The lowest BCUT2D eigenvalue weighted by atomic mass is 9.96. The molecule has 2 heterocycles. The molecule has 1 N–H and O–H groups in total. The molecule has 0 aliphatic heterocycles. The number of hydrogen-bond donors (Lipinski definition) is 1. The van der Waals surface area contributed by atoms with E-state index in [0.29, 0.717) is 35.9 Å². The van der Waals surface area contributed by atoms with Crippen molar-refractivity contribution < 1.29 is 26.0 Å². The van der Waals surface area contributed by atoms with Crippen LogP contribution >= 0.6 is 0 Å². The normalized spacial score (nSPS) is 16.2. The first-order valence-electron chi connectivity index (χ1n) is 11.0. The SMILES string of the molecule is C[C@H](NS(=O)(=O)C1CC1)c1cn(CC(C)(C)C)c2cc(-c3cccnc3C(F)(F)F)c(F)cc12. The van der Waals surface area contributed by atoms with Gasteiger partial charge in [-0.3, -0.25) is 4.98 Å². The van der Waals surface area contributed by atoms with E-state index in [1.807, 2.05) is 25.3 Å². The van der Waals surface area contributed by atoms with Crippen molar-refractivity contribution in [2.45, 2.75) is 64.5 Å². The van der Waals surface area contributed by atoms with Crippen LogP contribution in [0.25, 0.3) is 22.0 Å². The molecule has 34 heavy (non-hydrogen) atoms. The molecule has 0 unspecified atom stereocenters. The van der Waals surface area contributed by atoms with Gasteiger partial charge in [0.2, 0.25) is 10.0 Å². The predicted octanol–water partition coefficient (Wildman–Crippen LogP) is 6.05. The summed E-state index contributed by atoms with van der Waals surface area (Å²) in [6, 6.07) is 4.49. The molecule has 0 amide bonds. The number of halogens is 4. The molecular formula is C24H27F4N3O2S. The number of aromatic nitrogens is 2. The fourth-order valence-electron chi connectivity index (χ4n) is 4.16. The van der Waals surface area contributed by atoms with Gasteiger partial charge in [-0.15, -0.1) is 0 Å². The zero-order valence-electron chi connectivity index (χ0n) is 19.4. The van der Waals surface area contributed by atoms with Crippen LogP contribution < -0.4 is 4.72 Å². The molecule has 1 aromatic carbocycles. The second-order valence-electron chi connectivity index (χ2n) is 10.1. The summed E-state index contributed by atoms with van der Waals surface area (Å²) in [5.41, 5.74) is -0.819. The lowest BCUT2D eigenvalue weighted by Crippen LogP contribution is -2.29. The first-order chi connectivity index (χ1) is 15.7. The molecule has 184 valence electrons. The topological polar surface area (TPSA) is 64.0 Å². The number of rotatable bonds is 6. The highest BCUT2D eigenvalue weighted by molar-refractivity contribution is 7.90. The Labute approximate surface area is 196 Å². The van der Waals surface area contributed by atoms with Gasteiger partial charge in [0.15, 0.2) is 5.69 Å². The number of sulfonamides is 1. The van der Waals surface area contributed by atoms with Crippen molar-refractivity contribution in [2.75, 3.05) is 0 Å². The van der Waals surface area contributed by atoms with E-state index in [-0.39, 0.29) is 16.5 Å². The van der Waals surface area contributed by atoms with Gasteiger partial charge in [-0.1, -0.05) is 26.8 Å². The number of pyridine rings is 1. The molecule has 1 aliphatic carbocycles. The standard InChI is InChI=1S/C24H27F4N3O2S/c1-14(30-34(32,33)15-7-8-15)19-12-31(13-23(2,3)4)21-11-17(20(25)10-18(19)21)16-6-5-9-29-22(16)24(26,27)28/h5-6,9-12,14-15,30H,7-8,13H2,1-4H3/t14-/m0/s1. The van der Waals surface area contributed by atoms with Crippen molar-refractivity contribution in [2.24, 2.45) is 5.41 Å². The molecule has 1 saturated carbocycles. The van der Waals surface area contributed by atoms with Gasteiger partial charge in [0.05, 0.1) is 5.25 Å². The molecule has 4 rings (SSSR count). The molecule has 1 atom stereocenters. The Hall–Kier alpha value is -2.46. The van der Waals surface area contributed by atoms with Gasteiger partial charge in [0, 0.05) is 47.0 Å². The maximum Gasteiger partial charge on any atom is 0.433 e. The average molecular weight is 498 g/mol. The van der Waals surface area contributed by atoms with Crippen molar-refractivity contribution >= 4 is 20.9 Å². The van der Waals surface area contributed by atoms with Crippen molar-refractivity contribution in [1.82, 2.24) is 14.3 Å². The number of alkyl halides is 3. The number of hydrogen-bond acceptors (Lipinski definition) is 3. The van der Waals surface area contributed by atoms with Crippen molar-refractivity contribution in [1.29, 1.82) is 0 Å². The summed E-state index contributed by atoms with van der Waals surface area (Å²) in [6.45, 7) is 8.20. The van der Waals surface area contributed by atoms with E-state index in [2.05, 4.69) is 9.71 Å². The van der Waals surface area contributed by atoms with Crippen molar-refractivity contribution in [3.05, 3.63) is 53.7 Å². The Kier molecular flexibility index (Phi) is 6.05. The highest BCUT2D eigenvalue weighted by Gasteiger charge is 2.38. The second-order valence-corrected chi connectivity index (χ2v) is 12.1. The maximum absolute atomic E-state index is 15.3. The summed E-state index contributed by atoms with van der Waals surface area (Å²) >= 11 is 0. The molecule has 10 heteroatoms. The Bertz CT molecular complexity index is 1340. The molecule has 0 spiro atoms. The van der Waals surface area contributed by atoms with Crippen LogP contribution in [-0.4, -0.2) is 23.2 Å². The zero-order valence-corrected chi connectivity index (χ0v) is 20.2. The highest BCUT2D eigenvalue weighted by Crippen LogP contribution is 2.40. The lowest BCUT2D eigenvalue weighted by molar-refractivity contribution is -0.140. The fourth-order valence-corrected chi connectivity index (χ4v) is 5.73. The van der Waals surface area contributed by atoms with Crippen LogP contribution in [0.5, 0.6) is 0 Å². The number of benzene rings is 1. The number of fused-ring (bicyclic) bond motifs is 1. The van der Waals surface area contributed by atoms with Crippen LogP contribution in [-0.2, 0) is 22.7 Å². The van der Waals surface area contributed by atoms with Gasteiger partial charge in [0.25, 0.3) is 0 Å². The van der Waals surface area contributed by atoms with Crippen molar-refractivity contribution in [3.8, 4) is 11.1 Å². The molecule has 1 fully saturated rings. The number of nitrogens with one attached hydrogen (secondary N) is 1. The van der Waals surface area contributed by atoms with Gasteiger partial charge in [0.1, 0.15) is 5.82 Å². The summed E-state index contributed by atoms with van der Waals surface area (Å²) in [5, 5.41) is 0.0431. The third-order valence-corrected chi connectivity index (χ3v) is 7.81. The average Bonchev–Trinajstić information content (AvgIpc) is 3.51. The third kappa shape index (κ3) is 4.98. The molecule has 0 bridgehead atoms. The Balaban J connectivity index is 1.89. The van der Waals surface area contributed by atoms with Gasteiger partial charge in [-0.2, -0.15) is 13.2 Å². The molecule has 1 aliphatic rings. The van der Waals surface area contributed by atoms with Gasteiger partial charge >= 0.3 is 6.18 Å². The lowest BCUT2D eigenvalue weighted by Gasteiger charge is -2.20. The van der Waals surface area contributed by atoms with E-state index in [4.69, 9.17) is 0 Å². The van der Waals surface area contributed by atoms with Crippen LogP contribution in [0.1, 0.15) is 57.8 Å². The summed E-state index contributed by atoms with van der Waals surface area (Å²) in [7, 11) is -3.50. The first kappa shape index (κ1) is 24.7. The Morgan fingerprint density at radius 1 is 1.18 bits per heavy atom. The van der Waals surface area contributed by atoms with E-state index in [1.165, 1.54) is 24.3 Å². The largest absolute Gasteiger partial charge is 0.433 e. The Morgan fingerprint density at radius 3 is 2.44 bits per heavy atom. The van der Waals surface area contributed by atoms with E-state index < -0.39 is 39.0 Å². The van der Waals surface area contributed by atoms with Gasteiger partial charge in [-0.25, -0.2) is 17.5 Å². The monoisotopic (exact) mass is 497 g/mol. The van der Waals surface area contributed by atoms with Crippen LogP contribution in [0.2, 0.25) is 0 Å². The molecule has 0 radical (unpaired) electrons. The minimum absolute atomic E-state index is 0.194. The first-order valence-corrected chi connectivity index (χ1v) is 12.6. The molecule has 5 nitrogen and oxygen atoms in total. The Morgan fingerprint density at radius 2 is 1.85 bits per heavy atom. The van der Waals surface area contributed by atoms with Gasteiger partial charge in [-0.05, 0) is 48.9 Å². The summed E-state index contributed by atoms with van der Waals surface area (Å²) in [5.74, 6) is -0.835. The van der Waals surface area contributed by atoms with Gasteiger partial charge < -0.3 is 4.57 Å². The van der Waals surface area contributed by atoms with Crippen LogP contribution in [0.15, 0.2) is 36.7 Å². The zero-order chi connectivity index (χ0) is 25.1. The van der Waals surface area contributed by atoms with Crippen LogP contribution in [0, 0.1) is 11.2 Å². The minimum atomic E-state index is -4.74. The maximum atomic E-state index is 15.3. The summed E-state index contributed by atoms with van der Waals surface area (Å²) in [4.78, 5) is 3.45. The van der Waals surface area contributed by atoms with E-state index >= 15 is 4.39 Å². The molecule has 0 saturated heterocycles. The molecule has 2 aromatic heterocycles. The molecule has 3 aromatic rings. The highest BCUT2D eigenvalue weighted by atomic mass is 32.2. The minimum Gasteiger partial charge on any atom is -0.347 e. The van der Waals surface area contributed by atoms with E-state index in [9.17, 15) is 21.6 Å². The quantitative estimate of drug-likeness (QED) is 0.422. The molecular weight excluding hydrogens is 470 g/mol. The fraction of sp³-hybridized carbons (Fsp3) is 0.458. The van der Waals surface area contributed by atoms with Crippen molar-refractivity contribution in [3.63, 3.8) is 0 Å². The summed E-state index contributed by atoms with van der Waals surface area (Å²) in [6.07, 6.45) is -0.743. The van der Waals surface area contributed by atoms with E-state index in [0.717, 1.165) is 6.20 Å². The second kappa shape index (κ2) is 8.34. The van der Waals surface area contributed by atoms with E-state index in [1.54, 1.807) is 13.1 Å². The number of nitrogens with zero attached hydrogens (tertiary/aromatic N) is 2. The third-order valence-electron chi connectivity index (χ3n) is 5.78. The smallest absolute Gasteiger partial charge is 0.347 e. The van der Waals surface area contributed by atoms with Crippen LogP contribution in [0.4, 0.5) is 17.6 Å². The predicted molar refractivity (Wildman–Crippen MR) is 123 cm³/mol. The van der Waals surface area contributed by atoms with Crippen LogP contribution in [0.3, 0.4) is 0 Å². The summed E-state index contributed by atoms with van der Waals surface area (Å²) < 4.78 is 85.5.